The number of rotatable bonds is 9. The van der Waals surface area contributed by atoms with Crippen molar-refractivity contribution in [3.8, 4) is 22.6 Å². The maximum absolute atomic E-state index is 5.50. The van der Waals surface area contributed by atoms with Gasteiger partial charge < -0.3 is 19.7 Å². The first-order valence-corrected chi connectivity index (χ1v) is 11.0. The van der Waals surface area contributed by atoms with Crippen LogP contribution in [0.1, 0.15) is 13.8 Å². The maximum atomic E-state index is 5.50. The SMILES string of the molecule is COc1cc(OC)cc(N(CCNC(C)C)c2cc3cc(-c4cnn(C)c4)cnc3cn2)c1. The van der Waals surface area contributed by atoms with E-state index < -0.39 is 0 Å². The molecule has 0 radical (unpaired) electrons. The zero-order valence-electron chi connectivity index (χ0n) is 19.7. The highest BCUT2D eigenvalue weighted by Crippen LogP contribution is 2.33. The van der Waals surface area contributed by atoms with Gasteiger partial charge in [-0.2, -0.15) is 5.10 Å². The quantitative estimate of drug-likeness (QED) is 0.413. The predicted octanol–water partition coefficient (Wildman–Crippen LogP) is 4.18. The molecule has 0 saturated heterocycles. The fourth-order valence-electron chi connectivity index (χ4n) is 3.68. The molecule has 8 nitrogen and oxygen atoms in total. The molecule has 1 N–H and O–H groups in total. The molecule has 0 aliphatic rings. The third-order valence-corrected chi connectivity index (χ3v) is 5.40. The van der Waals surface area contributed by atoms with Crippen molar-refractivity contribution in [2.75, 3.05) is 32.2 Å². The number of pyridine rings is 2. The standard InChI is InChI=1S/C25H30N6O2/c1-17(2)26-6-7-31(21-10-22(32-4)12-23(11-21)33-5)25-9-18-8-19(13-27-24(18)15-28-25)20-14-29-30(3)16-20/h8-17,26H,6-7H2,1-5H3. The summed E-state index contributed by atoms with van der Waals surface area (Å²) in [5.41, 5.74) is 3.83. The molecule has 172 valence electrons. The minimum Gasteiger partial charge on any atom is -0.497 e. The predicted molar refractivity (Wildman–Crippen MR) is 131 cm³/mol. The average molecular weight is 447 g/mol. The van der Waals surface area contributed by atoms with Crippen molar-refractivity contribution in [3.05, 3.63) is 55.1 Å². The molecule has 0 atom stereocenters. The van der Waals surface area contributed by atoms with E-state index >= 15 is 0 Å². The van der Waals surface area contributed by atoms with Gasteiger partial charge in [0.05, 0.1) is 32.1 Å². The summed E-state index contributed by atoms with van der Waals surface area (Å²) >= 11 is 0. The van der Waals surface area contributed by atoms with Crippen molar-refractivity contribution in [1.29, 1.82) is 0 Å². The lowest BCUT2D eigenvalue weighted by Crippen LogP contribution is -2.33. The lowest BCUT2D eigenvalue weighted by atomic mass is 10.1. The number of fused-ring (bicyclic) bond motifs is 1. The second-order valence-corrected chi connectivity index (χ2v) is 8.19. The number of benzene rings is 1. The molecule has 33 heavy (non-hydrogen) atoms. The molecule has 0 spiro atoms. The Bertz CT molecular complexity index is 1210. The van der Waals surface area contributed by atoms with Crippen LogP contribution in [0.25, 0.3) is 22.0 Å². The monoisotopic (exact) mass is 446 g/mol. The van der Waals surface area contributed by atoms with E-state index in [1.165, 1.54) is 0 Å². The third kappa shape index (κ3) is 5.23. The van der Waals surface area contributed by atoms with Gasteiger partial charge in [0, 0.05) is 79.0 Å². The topological polar surface area (TPSA) is 77.3 Å². The first kappa shape index (κ1) is 22.5. The molecule has 0 aliphatic heterocycles. The number of aryl methyl sites for hydroxylation is 1. The van der Waals surface area contributed by atoms with E-state index in [4.69, 9.17) is 14.5 Å². The van der Waals surface area contributed by atoms with E-state index in [0.717, 1.165) is 58.1 Å². The second kappa shape index (κ2) is 9.87. The minimum absolute atomic E-state index is 0.391. The summed E-state index contributed by atoms with van der Waals surface area (Å²) in [6, 6.07) is 10.4. The van der Waals surface area contributed by atoms with Crippen molar-refractivity contribution in [2.24, 2.45) is 7.05 Å². The fourth-order valence-corrected chi connectivity index (χ4v) is 3.68. The molecule has 4 aromatic rings. The summed E-state index contributed by atoms with van der Waals surface area (Å²) in [7, 11) is 5.22. The number of nitrogens with zero attached hydrogens (tertiary/aromatic N) is 5. The molecule has 1 aromatic carbocycles. The highest BCUT2D eigenvalue weighted by Gasteiger charge is 2.15. The van der Waals surface area contributed by atoms with Crippen molar-refractivity contribution >= 4 is 22.4 Å². The number of nitrogens with one attached hydrogen (secondary N) is 1. The van der Waals surface area contributed by atoms with Gasteiger partial charge in [-0.25, -0.2) is 4.98 Å². The van der Waals surface area contributed by atoms with Crippen LogP contribution in [-0.2, 0) is 7.05 Å². The first-order valence-electron chi connectivity index (χ1n) is 11.0. The summed E-state index contributed by atoms with van der Waals surface area (Å²) < 4.78 is 12.8. The molecule has 3 heterocycles. The molecule has 0 aliphatic carbocycles. The zero-order chi connectivity index (χ0) is 23.4. The van der Waals surface area contributed by atoms with Crippen LogP contribution in [0, 0.1) is 0 Å². The van der Waals surface area contributed by atoms with Gasteiger partial charge in [-0.3, -0.25) is 9.67 Å². The molecule has 0 bridgehead atoms. The third-order valence-electron chi connectivity index (χ3n) is 5.40. The Morgan fingerprint density at radius 1 is 0.939 bits per heavy atom. The Labute approximate surface area is 194 Å². The largest absolute Gasteiger partial charge is 0.497 e. The summed E-state index contributed by atoms with van der Waals surface area (Å²) in [5.74, 6) is 2.29. The Hall–Kier alpha value is -3.65. The molecular weight excluding hydrogens is 416 g/mol. The lowest BCUT2D eigenvalue weighted by molar-refractivity contribution is 0.394. The minimum atomic E-state index is 0.391. The van der Waals surface area contributed by atoms with Crippen molar-refractivity contribution in [2.45, 2.75) is 19.9 Å². The Kier molecular flexibility index (Phi) is 6.74. The Morgan fingerprint density at radius 3 is 2.33 bits per heavy atom. The van der Waals surface area contributed by atoms with Crippen LogP contribution in [0.15, 0.2) is 55.1 Å². The van der Waals surface area contributed by atoms with E-state index in [0.29, 0.717) is 6.04 Å². The maximum Gasteiger partial charge on any atom is 0.133 e. The lowest BCUT2D eigenvalue weighted by Gasteiger charge is -2.26. The van der Waals surface area contributed by atoms with Crippen LogP contribution >= 0.6 is 0 Å². The normalized spacial score (nSPS) is 11.2. The van der Waals surface area contributed by atoms with Gasteiger partial charge >= 0.3 is 0 Å². The van der Waals surface area contributed by atoms with E-state index in [1.807, 2.05) is 50.0 Å². The van der Waals surface area contributed by atoms with E-state index in [9.17, 15) is 0 Å². The molecular formula is C25H30N6O2. The number of aromatic nitrogens is 4. The molecule has 0 unspecified atom stereocenters. The summed E-state index contributed by atoms with van der Waals surface area (Å²) in [6.07, 6.45) is 7.50. The van der Waals surface area contributed by atoms with Crippen LogP contribution < -0.4 is 19.7 Å². The number of ether oxygens (including phenoxy) is 2. The molecule has 0 fully saturated rings. The smallest absolute Gasteiger partial charge is 0.133 e. The summed E-state index contributed by atoms with van der Waals surface area (Å²) in [6.45, 7) is 5.80. The van der Waals surface area contributed by atoms with Crippen LogP contribution in [0.5, 0.6) is 11.5 Å². The number of hydrogen-bond acceptors (Lipinski definition) is 7. The zero-order valence-corrected chi connectivity index (χ0v) is 19.7. The Balaban J connectivity index is 1.76. The number of methoxy groups -OCH3 is 2. The first-order chi connectivity index (χ1) is 16.0. The van der Waals surface area contributed by atoms with E-state index in [1.54, 1.807) is 18.9 Å². The second-order valence-electron chi connectivity index (χ2n) is 8.19. The molecule has 3 aromatic heterocycles. The number of hydrogen-bond donors (Lipinski definition) is 1. The Morgan fingerprint density at radius 2 is 1.70 bits per heavy atom. The van der Waals surface area contributed by atoms with Crippen LogP contribution in [-0.4, -0.2) is 53.1 Å². The van der Waals surface area contributed by atoms with Crippen molar-refractivity contribution in [3.63, 3.8) is 0 Å². The van der Waals surface area contributed by atoms with Crippen molar-refractivity contribution < 1.29 is 9.47 Å². The van der Waals surface area contributed by atoms with Gasteiger partial charge in [-0.1, -0.05) is 13.8 Å². The van der Waals surface area contributed by atoms with Crippen LogP contribution in [0.2, 0.25) is 0 Å². The highest BCUT2D eigenvalue weighted by atomic mass is 16.5. The average Bonchev–Trinajstić information content (AvgIpc) is 3.26. The molecule has 4 rings (SSSR count). The van der Waals surface area contributed by atoms with Crippen LogP contribution in [0.4, 0.5) is 11.5 Å². The van der Waals surface area contributed by atoms with Gasteiger partial charge in [0.1, 0.15) is 17.3 Å². The molecule has 8 heteroatoms. The summed E-state index contributed by atoms with van der Waals surface area (Å²) in [5, 5.41) is 8.78. The molecule has 0 amide bonds. The van der Waals surface area contributed by atoms with Crippen molar-refractivity contribution in [1.82, 2.24) is 25.1 Å². The van der Waals surface area contributed by atoms with E-state index in [2.05, 4.69) is 46.3 Å². The van der Waals surface area contributed by atoms with Crippen LogP contribution in [0.3, 0.4) is 0 Å². The van der Waals surface area contributed by atoms with Gasteiger partial charge in [0.15, 0.2) is 0 Å². The van der Waals surface area contributed by atoms with Gasteiger partial charge in [-0.05, 0) is 12.1 Å². The molecule has 0 saturated carbocycles. The van der Waals surface area contributed by atoms with Gasteiger partial charge in [-0.15, -0.1) is 0 Å². The highest BCUT2D eigenvalue weighted by molar-refractivity contribution is 5.85. The summed E-state index contributed by atoms with van der Waals surface area (Å²) in [4.78, 5) is 11.5. The van der Waals surface area contributed by atoms with Gasteiger partial charge in [0.25, 0.3) is 0 Å². The number of anilines is 2. The fraction of sp³-hybridized carbons (Fsp3) is 0.320. The van der Waals surface area contributed by atoms with E-state index in [-0.39, 0.29) is 0 Å². The van der Waals surface area contributed by atoms with Gasteiger partial charge in [0.2, 0.25) is 0 Å².